The minimum atomic E-state index is -3.52. The summed E-state index contributed by atoms with van der Waals surface area (Å²) in [5.41, 5.74) is 1.35. The summed E-state index contributed by atoms with van der Waals surface area (Å²) in [7, 11) is 1.10. The molecule has 0 aliphatic heterocycles. The molecule has 29 heavy (non-hydrogen) atoms. The Bertz CT molecular complexity index is 906. The molecule has 0 aromatic heterocycles. The number of hydrogen-bond acceptors (Lipinski definition) is 6. The summed E-state index contributed by atoms with van der Waals surface area (Å²) < 4.78 is 41.8. The molecule has 0 aliphatic carbocycles. The number of carbonyl (C=O) groups is 1. The fraction of sp³-hybridized carbons (Fsp3) is 0.350. The molecule has 0 saturated carbocycles. The molecular weight excluding hydrogens is 396 g/mol. The molecule has 1 amide bonds. The van der Waals surface area contributed by atoms with Crippen molar-refractivity contribution in [3.63, 3.8) is 0 Å². The molecule has 2 aromatic rings. The third kappa shape index (κ3) is 6.65. The van der Waals surface area contributed by atoms with E-state index in [-0.39, 0.29) is 18.9 Å². The number of hydrogen-bond donors (Lipinski definition) is 2. The van der Waals surface area contributed by atoms with Crippen molar-refractivity contribution in [2.75, 3.05) is 27.6 Å². The van der Waals surface area contributed by atoms with E-state index in [2.05, 4.69) is 10.0 Å². The number of amides is 1. The summed E-state index contributed by atoms with van der Waals surface area (Å²) in [6.45, 7) is 0.181. The Morgan fingerprint density at radius 3 is 2.03 bits per heavy atom. The summed E-state index contributed by atoms with van der Waals surface area (Å²) in [6.07, 6.45) is 0.984. The number of nitrogens with one attached hydrogen (secondary N) is 2. The number of ether oxygens (including phenoxy) is 3. The second kappa shape index (κ2) is 10.1. The van der Waals surface area contributed by atoms with Crippen LogP contribution in [0, 0.1) is 0 Å². The van der Waals surface area contributed by atoms with Gasteiger partial charge in [-0.3, -0.25) is 4.79 Å². The first-order chi connectivity index (χ1) is 13.8. The third-order valence-corrected chi connectivity index (χ3v) is 4.97. The van der Waals surface area contributed by atoms with Crippen molar-refractivity contribution in [1.29, 1.82) is 0 Å². The Morgan fingerprint density at radius 1 is 0.966 bits per heavy atom. The molecular formula is C20H26N2O6S. The van der Waals surface area contributed by atoms with Crippen molar-refractivity contribution in [1.82, 2.24) is 10.0 Å². The fourth-order valence-electron chi connectivity index (χ4n) is 2.87. The maximum atomic E-state index is 12.6. The van der Waals surface area contributed by atoms with Gasteiger partial charge in [0.2, 0.25) is 15.9 Å². The van der Waals surface area contributed by atoms with Crippen LogP contribution in [0.15, 0.2) is 42.5 Å². The average molecular weight is 423 g/mol. The van der Waals surface area contributed by atoms with E-state index in [1.165, 1.54) is 14.2 Å². The van der Waals surface area contributed by atoms with Gasteiger partial charge in [0.15, 0.2) is 0 Å². The maximum Gasteiger partial charge on any atom is 0.222 e. The lowest BCUT2D eigenvalue weighted by molar-refractivity contribution is -0.121. The van der Waals surface area contributed by atoms with Crippen LogP contribution in [0.5, 0.6) is 17.2 Å². The van der Waals surface area contributed by atoms with E-state index in [0.29, 0.717) is 28.4 Å². The van der Waals surface area contributed by atoms with Crippen LogP contribution in [0.25, 0.3) is 0 Å². The highest BCUT2D eigenvalue weighted by atomic mass is 32.2. The van der Waals surface area contributed by atoms with Crippen molar-refractivity contribution in [3.8, 4) is 17.2 Å². The topological polar surface area (TPSA) is 103 Å². The number of rotatable bonds is 10. The Hall–Kier alpha value is -2.78. The van der Waals surface area contributed by atoms with Gasteiger partial charge >= 0.3 is 0 Å². The van der Waals surface area contributed by atoms with Crippen LogP contribution >= 0.6 is 0 Å². The largest absolute Gasteiger partial charge is 0.497 e. The van der Waals surface area contributed by atoms with Crippen LogP contribution in [0.4, 0.5) is 0 Å². The van der Waals surface area contributed by atoms with Gasteiger partial charge < -0.3 is 19.5 Å². The van der Waals surface area contributed by atoms with Gasteiger partial charge in [-0.25, -0.2) is 13.1 Å². The third-order valence-electron chi connectivity index (χ3n) is 4.26. The average Bonchev–Trinajstić information content (AvgIpc) is 2.70. The Kier molecular flexibility index (Phi) is 7.86. The van der Waals surface area contributed by atoms with Crippen LogP contribution in [-0.4, -0.2) is 41.9 Å². The quantitative estimate of drug-likeness (QED) is 0.607. The molecule has 158 valence electrons. The standard InChI is InChI=1S/C20H26N2O6S/c1-26-15-10-8-14(9-11-15)17(22-29(4,24)25)12-20(23)21-13-16-18(27-2)6-5-7-19(16)28-3/h5-11,17,22H,12-13H2,1-4H3,(H,21,23)/t17-/m0/s1. The molecule has 2 rings (SSSR count). The van der Waals surface area contributed by atoms with Crippen LogP contribution in [0.2, 0.25) is 0 Å². The van der Waals surface area contributed by atoms with Gasteiger partial charge in [-0.1, -0.05) is 18.2 Å². The van der Waals surface area contributed by atoms with E-state index >= 15 is 0 Å². The molecule has 0 bridgehead atoms. The first-order valence-electron chi connectivity index (χ1n) is 8.85. The van der Waals surface area contributed by atoms with Gasteiger partial charge in [-0.15, -0.1) is 0 Å². The van der Waals surface area contributed by atoms with Crippen LogP contribution in [0.3, 0.4) is 0 Å². The van der Waals surface area contributed by atoms with Gasteiger partial charge in [0.05, 0.1) is 45.7 Å². The Balaban J connectivity index is 2.14. The summed E-state index contributed by atoms with van der Waals surface area (Å²) in [5, 5.41) is 2.80. The minimum absolute atomic E-state index is 0.0726. The zero-order chi connectivity index (χ0) is 21.4. The lowest BCUT2D eigenvalue weighted by Gasteiger charge is -2.19. The number of methoxy groups -OCH3 is 3. The molecule has 0 fully saturated rings. The van der Waals surface area contributed by atoms with Crippen molar-refractivity contribution >= 4 is 15.9 Å². The Morgan fingerprint density at radius 2 is 1.55 bits per heavy atom. The normalized spacial score (nSPS) is 12.1. The van der Waals surface area contributed by atoms with Gasteiger partial charge in [-0.2, -0.15) is 0 Å². The number of benzene rings is 2. The zero-order valence-corrected chi connectivity index (χ0v) is 17.7. The molecule has 0 saturated heterocycles. The van der Waals surface area contributed by atoms with E-state index < -0.39 is 16.1 Å². The van der Waals surface area contributed by atoms with E-state index in [1.807, 2.05) is 0 Å². The van der Waals surface area contributed by atoms with Crippen LogP contribution in [0.1, 0.15) is 23.6 Å². The molecule has 2 aromatic carbocycles. The number of carbonyl (C=O) groups excluding carboxylic acids is 1. The molecule has 0 heterocycles. The molecule has 0 radical (unpaired) electrons. The van der Waals surface area contributed by atoms with Crippen LogP contribution < -0.4 is 24.2 Å². The maximum absolute atomic E-state index is 12.6. The molecule has 8 nitrogen and oxygen atoms in total. The molecule has 9 heteroatoms. The highest BCUT2D eigenvalue weighted by molar-refractivity contribution is 7.88. The summed E-state index contributed by atoms with van der Waals surface area (Å²) in [5.74, 6) is 1.49. The van der Waals surface area contributed by atoms with Gasteiger partial charge in [0.25, 0.3) is 0 Å². The Labute approximate surface area is 171 Å². The summed E-state index contributed by atoms with van der Waals surface area (Å²) in [6, 6.07) is 11.5. The molecule has 0 unspecified atom stereocenters. The van der Waals surface area contributed by atoms with E-state index in [0.717, 1.165) is 6.26 Å². The highest BCUT2D eigenvalue weighted by Crippen LogP contribution is 2.28. The SMILES string of the molecule is COc1ccc([C@H](CC(=O)NCc2c(OC)cccc2OC)NS(C)(=O)=O)cc1. The second-order valence-corrected chi connectivity index (χ2v) is 8.12. The fourth-order valence-corrected chi connectivity index (χ4v) is 3.61. The first-order valence-corrected chi connectivity index (χ1v) is 10.7. The summed E-state index contributed by atoms with van der Waals surface area (Å²) in [4.78, 5) is 12.6. The molecule has 2 N–H and O–H groups in total. The monoisotopic (exact) mass is 422 g/mol. The predicted molar refractivity (Wildman–Crippen MR) is 110 cm³/mol. The predicted octanol–water partition coefficient (Wildman–Crippen LogP) is 2.01. The van der Waals surface area contributed by atoms with E-state index in [1.54, 1.807) is 49.6 Å². The van der Waals surface area contributed by atoms with Gasteiger partial charge in [0, 0.05) is 6.42 Å². The van der Waals surface area contributed by atoms with Gasteiger partial charge in [-0.05, 0) is 29.8 Å². The van der Waals surface area contributed by atoms with Crippen molar-refractivity contribution in [2.24, 2.45) is 0 Å². The lowest BCUT2D eigenvalue weighted by Crippen LogP contribution is -2.33. The first kappa shape index (κ1) is 22.5. The lowest BCUT2D eigenvalue weighted by atomic mass is 10.0. The zero-order valence-electron chi connectivity index (χ0n) is 16.9. The molecule has 0 aliphatic rings. The number of sulfonamides is 1. The van der Waals surface area contributed by atoms with E-state index in [9.17, 15) is 13.2 Å². The van der Waals surface area contributed by atoms with Crippen molar-refractivity contribution in [2.45, 2.75) is 19.0 Å². The highest BCUT2D eigenvalue weighted by Gasteiger charge is 2.20. The van der Waals surface area contributed by atoms with Crippen molar-refractivity contribution < 1.29 is 27.4 Å². The van der Waals surface area contributed by atoms with Gasteiger partial charge in [0.1, 0.15) is 17.2 Å². The second-order valence-electron chi connectivity index (χ2n) is 6.34. The summed E-state index contributed by atoms with van der Waals surface area (Å²) >= 11 is 0. The van der Waals surface area contributed by atoms with Crippen molar-refractivity contribution in [3.05, 3.63) is 53.6 Å². The van der Waals surface area contributed by atoms with E-state index in [4.69, 9.17) is 14.2 Å². The van der Waals surface area contributed by atoms with Crippen LogP contribution in [-0.2, 0) is 21.4 Å². The minimum Gasteiger partial charge on any atom is -0.497 e. The molecule has 1 atom stereocenters. The molecule has 0 spiro atoms. The smallest absolute Gasteiger partial charge is 0.222 e.